The lowest BCUT2D eigenvalue weighted by Gasteiger charge is -2.34. The highest BCUT2D eigenvalue weighted by molar-refractivity contribution is 6.30. The summed E-state index contributed by atoms with van der Waals surface area (Å²) in [4.78, 5) is 7.24. The summed E-state index contributed by atoms with van der Waals surface area (Å²) in [7, 11) is 1.96. The molecule has 0 saturated heterocycles. The molecule has 0 unspecified atom stereocenters. The summed E-state index contributed by atoms with van der Waals surface area (Å²) in [6.45, 7) is 4.22. The second-order valence-corrected chi connectivity index (χ2v) is 7.48. The van der Waals surface area contributed by atoms with Gasteiger partial charge in [-0.3, -0.25) is 4.68 Å². The molecule has 1 saturated carbocycles. The number of hydrogen-bond acceptors (Lipinski definition) is 2. The van der Waals surface area contributed by atoms with Crippen LogP contribution in [0.4, 0.5) is 0 Å². The van der Waals surface area contributed by atoms with E-state index in [9.17, 15) is 0 Å². The number of rotatable bonds is 5. The van der Waals surface area contributed by atoms with Crippen LogP contribution in [0.15, 0.2) is 46.3 Å². The fourth-order valence-corrected chi connectivity index (χ4v) is 3.95. The molecule has 1 aliphatic heterocycles. The highest BCUT2D eigenvalue weighted by Crippen LogP contribution is 2.37. The van der Waals surface area contributed by atoms with Crippen LogP contribution in [-0.2, 0) is 7.05 Å². The van der Waals surface area contributed by atoms with Crippen LogP contribution >= 0.6 is 11.6 Å². The van der Waals surface area contributed by atoms with Crippen LogP contribution in [0.5, 0.6) is 0 Å². The summed E-state index contributed by atoms with van der Waals surface area (Å²) >= 11 is 6.44. The summed E-state index contributed by atoms with van der Waals surface area (Å²) in [6.07, 6.45) is 18.7. The molecule has 140 valence electrons. The Morgan fingerprint density at radius 1 is 1.35 bits per heavy atom. The first-order chi connectivity index (χ1) is 12.6. The quantitative estimate of drug-likeness (QED) is 0.627. The van der Waals surface area contributed by atoms with Crippen molar-refractivity contribution in [1.82, 2.24) is 14.7 Å². The van der Waals surface area contributed by atoms with Gasteiger partial charge in [-0.25, -0.2) is 4.99 Å². The van der Waals surface area contributed by atoms with Crippen molar-refractivity contribution in [2.75, 3.05) is 0 Å². The number of hydrogen-bond donors (Lipinski definition) is 0. The molecule has 0 aromatic carbocycles. The lowest BCUT2D eigenvalue weighted by molar-refractivity contribution is 0.313. The molecule has 0 bridgehead atoms. The third kappa shape index (κ3) is 4.12. The Morgan fingerprint density at radius 2 is 2.12 bits per heavy atom. The number of aliphatic imine (C=N–C) groups is 1. The molecule has 0 atom stereocenters. The van der Waals surface area contributed by atoms with E-state index < -0.39 is 0 Å². The van der Waals surface area contributed by atoms with E-state index in [0.29, 0.717) is 11.2 Å². The Balaban J connectivity index is 2.02. The summed E-state index contributed by atoms with van der Waals surface area (Å²) < 4.78 is 1.85. The molecule has 0 radical (unpaired) electrons. The predicted molar refractivity (Wildman–Crippen MR) is 110 cm³/mol. The molecule has 2 heterocycles. The second-order valence-electron chi connectivity index (χ2n) is 7.09. The molecule has 5 heteroatoms. The fraction of sp³-hybridized carbons (Fsp3) is 0.524. The first-order valence-corrected chi connectivity index (χ1v) is 10.1. The van der Waals surface area contributed by atoms with E-state index in [4.69, 9.17) is 16.6 Å². The van der Waals surface area contributed by atoms with Crippen molar-refractivity contribution < 1.29 is 0 Å². The van der Waals surface area contributed by atoms with Gasteiger partial charge in [-0.05, 0) is 38.3 Å². The molecule has 1 aliphatic carbocycles. The first kappa shape index (κ1) is 19.0. The third-order valence-corrected chi connectivity index (χ3v) is 5.34. The average Bonchev–Trinajstić information content (AvgIpc) is 3.24. The predicted octanol–water partition coefficient (Wildman–Crippen LogP) is 5.63. The van der Waals surface area contributed by atoms with Crippen molar-refractivity contribution in [3.63, 3.8) is 0 Å². The summed E-state index contributed by atoms with van der Waals surface area (Å²) in [6, 6.07) is 0.474. The van der Waals surface area contributed by atoms with Crippen molar-refractivity contribution >= 4 is 23.1 Å². The minimum absolute atomic E-state index is 0.474. The topological polar surface area (TPSA) is 33.4 Å². The van der Waals surface area contributed by atoms with Crippen molar-refractivity contribution in [3.8, 4) is 0 Å². The van der Waals surface area contributed by atoms with Gasteiger partial charge in [0, 0.05) is 30.4 Å². The Kier molecular flexibility index (Phi) is 6.36. The van der Waals surface area contributed by atoms with Crippen LogP contribution in [-0.4, -0.2) is 26.6 Å². The Hall–Kier alpha value is -1.81. The molecule has 0 amide bonds. The largest absolute Gasteiger partial charge is 0.322 e. The van der Waals surface area contributed by atoms with E-state index in [1.165, 1.54) is 37.8 Å². The van der Waals surface area contributed by atoms with E-state index in [2.05, 4.69) is 42.2 Å². The zero-order valence-corrected chi connectivity index (χ0v) is 16.8. The molecule has 1 aromatic heterocycles. The number of unbranched alkanes of at least 4 members (excludes halogenated alkanes) is 1. The monoisotopic (exact) mass is 372 g/mol. The zero-order chi connectivity index (χ0) is 18.5. The highest BCUT2D eigenvalue weighted by Gasteiger charge is 2.34. The number of amidine groups is 1. The van der Waals surface area contributed by atoms with Crippen molar-refractivity contribution in [1.29, 1.82) is 0 Å². The maximum Gasteiger partial charge on any atom is 0.142 e. The van der Waals surface area contributed by atoms with E-state index >= 15 is 0 Å². The van der Waals surface area contributed by atoms with Gasteiger partial charge < -0.3 is 4.90 Å². The standard InChI is InChI=1S/C21H29ClN4/c1-4-6-12-20(22)24-21-16(5-2)13-19(17-14-23-25(3)15-17)26(21)18-10-8-7-9-11-18/h5,12-15,18H,4,6-11H2,1-3H3/b16-5-,20-12+,24-21+. The second kappa shape index (κ2) is 8.72. The van der Waals surface area contributed by atoms with Crippen LogP contribution in [0.3, 0.4) is 0 Å². The van der Waals surface area contributed by atoms with Crippen molar-refractivity contribution in [2.24, 2.45) is 12.0 Å². The molecule has 1 fully saturated rings. The van der Waals surface area contributed by atoms with Gasteiger partial charge >= 0.3 is 0 Å². The van der Waals surface area contributed by atoms with Gasteiger partial charge in [0.15, 0.2) is 0 Å². The number of aromatic nitrogens is 2. The summed E-state index contributed by atoms with van der Waals surface area (Å²) in [5.41, 5.74) is 3.46. The fourth-order valence-electron chi connectivity index (χ4n) is 3.76. The van der Waals surface area contributed by atoms with Crippen LogP contribution in [0.25, 0.3) is 5.70 Å². The van der Waals surface area contributed by atoms with E-state index in [-0.39, 0.29) is 0 Å². The van der Waals surface area contributed by atoms with Crippen LogP contribution in [0, 0.1) is 0 Å². The Morgan fingerprint density at radius 3 is 2.73 bits per heavy atom. The van der Waals surface area contributed by atoms with E-state index in [0.717, 1.165) is 29.8 Å². The molecule has 0 spiro atoms. The van der Waals surface area contributed by atoms with E-state index in [1.54, 1.807) is 0 Å². The third-order valence-electron chi connectivity index (χ3n) is 5.10. The van der Waals surface area contributed by atoms with E-state index in [1.807, 2.05) is 24.0 Å². The summed E-state index contributed by atoms with van der Waals surface area (Å²) in [5.74, 6) is 0.982. The smallest absolute Gasteiger partial charge is 0.142 e. The molecular weight excluding hydrogens is 344 g/mol. The van der Waals surface area contributed by atoms with Crippen LogP contribution in [0.2, 0.25) is 0 Å². The van der Waals surface area contributed by atoms with Gasteiger partial charge in [0.1, 0.15) is 11.0 Å². The van der Waals surface area contributed by atoms with Gasteiger partial charge in [-0.2, -0.15) is 5.10 Å². The first-order valence-electron chi connectivity index (χ1n) is 9.75. The molecule has 2 aliphatic rings. The molecule has 1 aromatic rings. The van der Waals surface area contributed by atoms with Gasteiger partial charge in [0.25, 0.3) is 0 Å². The molecule has 3 rings (SSSR count). The van der Waals surface area contributed by atoms with Gasteiger partial charge in [0.2, 0.25) is 0 Å². The van der Waals surface area contributed by atoms with Gasteiger partial charge in [0.05, 0.1) is 11.9 Å². The van der Waals surface area contributed by atoms with Gasteiger partial charge in [-0.15, -0.1) is 0 Å². The average molecular weight is 373 g/mol. The zero-order valence-electron chi connectivity index (χ0n) is 16.1. The SMILES string of the molecule is C/C=C1/C=C(c2cnn(C)c2)N(C2CCCCC2)/C1=N/C(Cl)=C/CCC. The molecule has 4 nitrogen and oxygen atoms in total. The minimum Gasteiger partial charge on any atom is -0.322 e. The number of aryl methyl sites for hydroxylation is 1. The highest BCUT2D eigenvalue weighted by atomic mass is 35.5. The minimum atomic E-state index is 0.474. The molecule has 26 heavy (non-hydrogen) atoms. The number of nitrogens with zero attached hydrogens (tertiary/aromatic N) is 4. The maximum absolute atomic E-state index is 6.44. The number of halogens is 1. The Bertz CT molecular complexity index is 748. The lowest BCUT2D eigenvalue weighted by Crippen LogP contribution is -2.37. The number of allylic oxidation sites excluding steroid dienone is 2. The van der Waals surface area contributed by atoms with Crippen LogP contribution in [0.1, 0.15) is 64.4 Å². The summed E-state index contributed by atoms with van der Waals surface area (Å²) in [5, 5.41) is 4.96. The van der Waals surface area contributed by atoms with Crippen LogP contribution < -0.4 is 0 Å². The Labute approximate surface area is 161 Å². The van der Waals surface area contributed by atoms with Gasteiger partial charge in [-0.1, -0.05) is 50.3 Å². The lowest BCUT2D eigenvalue weighted by atomic mass is 9.93. The van der Waals surface area contributed by atoms with Crippen molar-refractivity contribution in [3.05, 3.63) is 46.9 Å². The molecular formula is C21H29ClN4. The normalized spacial score (nSPS) is 22.5. The molecule has 0 N–H and O–H groups in total. The maximum atomic E-state index is 6.44. The van der Waals surface area contributed by atoms with Crippen molar-refractivity contribution in [2.45, 2.75) is 64.8 Å².